The summed E-state index contributed by atoms with van der Waals surface area (Å²) in [5, 5.41) is 0. The summed E-state index contributed by atoms with van der Waals surface area (Å²) in [7, 11) is 0. The molecule has 0 radical (unpaired) electrons. The summed E-state index contributed by atoms with van der Waals surface area (Å²) in [5.74, 6) is 0.194. The number of benzene rings is 1. The van der Waals surface area contributed by atoms with Gasteiger partial charge in [-0.15, -0.1) is 0 Å². The number of hydrogen-bond acceptors (Lipinski definition) is 3. The van der Waals surface area contributed by atoms with Crippen LogP contribution in [0.1, 0.15) is 43.5 Å². The van der Waals surface area contributed by atoms with Crippen LogP contribution in [-0.2, 0) is 9.47 Å². The molecule has 110 valence electrons. The van der Waals surface area contributed by atoms with E-state index in [2.05, 4.69) is 36.4 Å². The summed E-state index contributed by atoms with van der Waals surface area (Å²) < 4.78 is 12.4. The number of halogens is 1. The quantitative estimate of drug-likeness (QED) is 0.564. The van der Waals surface area contributed by atoms with Crippen molar-refractivity contribution in [2.75, 3.05) is 13.2 Å². The van der Waals surface area contributed by atoms with Gasteiger partial charge >= 0.3 is 0 Å². The first kappa shape index (κ1) is 15.9. The molecule has 1 aromatic rings. The molecule has 1 saturated heterocycles. The molecule has 0 saturated carbocycles. The van der Waals surface area contributed by atoms with Crippen LogP contribution in [0, 0.1) is 8.99 Å². The molecule has 1 heterocycles. The zero-order valence-electron chi connectivity index (χ0n) is 12.0. The predicted molar refractivity (Wildman–Crippen MR) is 86.8 cm³/mol. The Kier molecular flexibility index (Phi) is 5.57. The van der Waals surface area contributed by atoms with E-state index in [0.717, 1.165) is 35.2 Å². The van der Waals surface area contributed by atoms with Crippen LogP contribution in [0.5, 0.6) is 0 Å². The Bertz CT molecular complexity index is 461. The molecule has 1 fully saturated rings. The zero-order valence-corrected chi connectivity index (χ0v) is 14.2. The number of carbonyl (C=O) groups is 1. The van der Waals surface area contributed by atoms with Gasteiger partial charge in [0.2, 0.25) is 0 Å². The summed E-state index contributed by atoms with van der Waals surface area (Å²) in [6, 6.07) is 7.72. The Morgan fingerprint density at radius 2 is 2.05 bits per heavy atom. The van der Waals surface area contributed by atoms with Crippen molar-refractivity contribution in [3.63, 3.8) is 0 Å². The van der Waals surface area contributed by atoms with Crippen LogP contribution < -0.4 is 0 Å². The molecular weight excluding hydrogens is 367 g/mol. The maximum absolute atomic E-state index is 12.1. The highest BCUT2D eigenvalue weighted by molar-refractivity contribution is 14.1. The second kappa shape index (κ2) is 7.00. The lowest BCUT2D eigenvalue weighted by molar-refractivity contribution is -0.223. The Labute approximate surface area is 134 Å². The average molecular weight is 388 g/mol. The maximum Gasteiger partial charge on any atom is 0.162 e. The monoisotopic (exact) mass is 388 g/mol. The van der Waals surface area contributed by atoms with E-state index < -0.39 is 0 Å². The fourth-order valence-corrected chi connectivity index (χ4v) is 2.67. The van der Waals surface area contributed by atoms with Crippen LogP contribution in [0.4, 0.5) is 0 Å². The molecule has 2 rings (SSSR count). The highest BCUT2D eigenvalue weighted by Crippen LogP contribution is 2.25. The Balaban J connectivity index is 1.72. The van der Waals surface area contributed by atoms with Gasteiger partial charge in [-0.25, -0.2) is 0 Å². The van der Waals surface area contributed by atoms with Gasteiger partial charge in [-0.1, -0.05) is 26.0 Å². The highest BCUT2D eigenvalue weighted by atomic mass is 127. The van der Waals surface area contributed by atoms with Crippen molar-refractivity contribution in [1.29, 1.82) is 0 Å². The second-order valence-electron chi connectivity index (χ2n) is 6.04. The van der Waals surface area contributed by atoms with Crippen molar-refractivity contribution in [3.05, 3.63) is 33.4 Å². The van der Waals surface area contributed by atoms with Gasteiger partial charge in [0.25, 0.3) is 0 Å². The predicted octanol–water partition coefficient (Wildman–Crippen LogP) is 4.04. The van der Waals surface area contributed by atoms with Crippen molar-refractivity contribution >= 4 is 28.4 Å². The van der Waals surface area contributed by atoms with E-state index in [4.69, 9.17) is 9.47 Å². The maximum atomic E-state index is 12.1. The van der Waals surface area contributed by atoms with E-state index in [1.807, 2.05) is 24.3 Å². The largest absolute Gasteiger partial charge is 0.352 e. The second-order valence-corrected chi connectivity index (χ2v) is 7.29. The third kappa shape index (κ3) is 4.82. The molecule has 0 spiro atoms. The summed E-state index contributed by atoms with van der Waals surface area (Å²) in [4.78, 5) is 12.1. The van der Waals surface area contributed by atoms with E-state index in [0.29, 0.717) is 6.42 Å². The normalized spacial score (nSPS) is 18.9. The average Bonchev–Trinajstić information content (AvgIpc) is 2.40. The van der Waals surface area contributed by atoms with Gasteiger partial charge in [-0.2, -0.15) is 0 Å². The van der Waals surface area contributed by atoms with Crippen LogP contribution in [0.2, 0.25) is 0 Å². The molecule has 0 aromatic heterocycles. The summed E-state index contributed by atoms with van der Waals surface area (Å²) >= 11 is 2.22. The number of rotatable bonds is 5. The van der Waals surface area contributed by atoms with Crippen molar-refractivity contribution < 1.29 is 14.3 Å². The van der Waals surface area contributed by atoms with Gasteiger partial charge in [-0.05, 0) is 47.6 Å². The van der Waals surface area contributed by atoms with Gasteiger partial charge in [0, 0.05) is 21.0 Å². The van der Waals surface area contributed by atoms with Crippen LogP contribution >= 0.6 is 22.6 Å². The molecule has 4 heteroatoms. The molecule has 0 atom stereocenters. The Hall–Kier alpha value is -0.460. The van der Waals surface area contributed by atoms with Gasteiger partial charge in [0.05, 0.1) is 13.2 Å². The number of carbonyl (C=O) groups excluding carboxylic acids is 1. The van der Waals surface area contributed by atoms with E-state index in [-0.39, 0.29) is 17.5 Å². The van der Waals surface area contributed by atoms with Crippen LogP contribution in [0.15, 0.2) is 24.3 Å². The Morgan fingerprint density at radius 1 is 1.35 bits per heavy atom. The standard InChI is InChI=1S/C16H21IO3/c1-16(2)10-19-15(20-11-16)8-4-7-14(18)12-5-3-6-13(17)9-12/h3,5-6,9,15H,4,7-8,10-11H2,1-2H3. The van der Waals surface area contributed by atoms with Crippen molar-refractivity contribution in [2.45, 2.75) is 39.4 Å². The lowest BCUT2D eigenvalue weighted by atomic mass is 9.95. The smallest absolute Gasteiger partial charge is 0.162 e. The minimum atomic E-state index is -0.147. The highest BCUT2D eigenvalue weighted by Gasteiger charge is 2.27. The molecule has 0 amide bonds. The minimum absolute atomic E-state index is 0.104. The van der Waals surface area contributed by atoms with Crippen LogP contribution in [-0.4, -0.2) is 25.3 Å². The SMILES string of the molecule is CC1(C)COC(CCCC(=O)c2cccc(I)c2)OC1. The third-order valence-electron chi connectivity index (χ3n) is 3.31. The summed E-state index contributed by atoms with van der Waals surface area (Å²) in [6.07, 6.45) is 1.99. The fraction of sp³-hybridized carbons (Fsp3) is 0.562. The molecule has 1 aromatic carbocycles. The molecule has 3 nitrogen and oxygen atoms in total. The number of Topliss-reactive ketones (excluding diaryl/α,β-unsaturated/α-hetero) is 1. The number of hydrogen-bond donors (Lipinski definition) is 0. The van der Waals surface area contributed by atoms with E-state index >= 15 is 0 Å². The van der Waals surface area contributed by atoms with Crippen molar-refractivity contribution in [2.24, 2.45) is 5.41 Å². The molecule has 0 N–H and O–H groups in total. The van der Waals surface area contributed by atoms with E-state index in [9.17, 15) is 4.79 Å². The lowest BCUT2D eigenvalue weighted by Crippen LogP contribution is -2.37. The van der Waals surface area contributed by atoms with Crippen LogP contribution in [0.25, 0.3) is 0 Å². The molecule has 1 aliphatic heterocycles. The topological polar surface area (TPSA) is 35.5 Å². The molecule has 20 heavy (non-hydrogen) atoms. The van der Waals surface area contributed by atoms with Crippen molar-refractivity contribution in [1.82, 2.24) is 0 Å². The molecule has 0 bridgehead atoms. The Morgan fingerprint density at radius 3 is 2.70 bits per heavy atom. The first-order valence-corrected chi connectivity index (χ1v) is 8.06. The first-order chi connectivity index (χ1) is 9.46. The summed E-state index contributed by atoms with van der Waals surface area (Å²) in [5.41, 5.74) is 0.899. The summed E-state index contributed by atoms with van der Waals surface area (Å²) in [6.45, 7) is 5.71. The lowest BCUT2D eigenvalue weighted by Gasteiger charge is -2.34. The molecule has 0 aliphatic carbocycles. The van der Waals surface area contributed by atoms with Crippen molar-refractivity contribution in [3.8, 4) is 0 Å². The number of ether oxygens (including phenoxy) is 2. The van der Waals surface area contributed by atoms with Gasteiger partial charge < -0.3 is 9.47 Å². The minimum Gasteiger partial charge on any atom is -0.352 e. The van der Waals surface area contributed by atoms with E-state index in [1.165, 1.54) is 0 Å². The zero-order chi connectivity index (χ0) is 14.6. The van der Waals surface area contributed by atoms with Crippen LogP contribution in [0.3, 0.4) is 0 Å². The molecular formula is C16H21IO3. The van der Waals surface area contributed by atoms with Gasteiger partial charge in [0.1, 0.15) is 0 Å². The van der Waals surface area contributed by atoms with E-state index in [1.54, 1.807) is 0 Å². The fourth-order valence-electron chi connectivity index (χ4n) is 2.13. The van der Waals surface area contributed by atoms with Gasteiger partial charge in [0.15, 0.2) is 12.1 Å². The molecule has 0 unspecified atom stereocenters. The third-order valence-corrected chi connectivity index (χ3v) is 3.98. The molecule has 1 aliphatic rings. The van der Waals surface area contributed by atoms with Gasteiger partial charge in [-0.3, -0.25) is 4.79 Å². The number of ketones is 1. The first-order valence-electron chi connectivity index (χ1n) is 6.98.